The molecule has 0 bridgehead atoms. The van der Waals surface area contributed by atoms with Gasteiger partial charge in [-0.2, -0.15) is 4.37 Å². The number of likely N-dealkylation sites (N-methyl/N-ethyl adjacent to an activating group) is 1. The van der Waals surface area contributed by atoms with Crippen LogP contribution in [0.1, 0.15) is 19.8 Å². The van der Waals surface area contributed by atoms with Crippen molar-refractivity contribution in [2.75, 3.05) is 30.7 Å². The lowest BCUT2D eigenvalue weighted by molar-refractivity contribution is 0.227. The molecule has 1 fully saturated rings. The lowest BCUT2D eigenvalue weighted by Crippen LogP contribution is -2.41. The molecule has 0 radical (unpaired) electrons. The summed E-state index contributed by atoms with van der Waals surface area (Å²) in [6.45, 7) is 5.62. The van der Waals surface area contributed by atoms with Crippen LogP contribution in [-0.4, -0.2) is 39.9 Å². The molecule has 0 aliphatic carbocycles. The van der Waals surface area contributed by atoms with Gasteiger partial charge >= 0.3 is 0 Å². The van der Waals surface area contributed by atoms with Crippen LogP contribution in [0.2, 0.25) is 0 Å². The molecule has 5 nitrogen and oxygen atoms in total. The van der Waals surface area contributed by atoms with Crippen LogP contribution in [0, 0.1) is 0 Å². The fraction of sp³-hybridized carbons (Fsp3) is 0.467. The zero-order chi connectivity index (χ0) is 14.7. The van der Waals surface area contributed by atoms with E-state index in [-0.39, 0.29) is 0 Å². The van der Waals surface area contributed by atoms with Crippen molar-refractivity contribution in [3.05, 3.63) is 24.5 Å². The molecule has 0 spiro atoms. The number of piperidine rings is 1. The van der Waals surface area contributed by atoms with Crippen LogP contribution >= 0.6 is 11.5 Å². The standard InChI is InChI=1S/C15H21N5S/c1-2-20-9-3-4-12(10-20)18-15-13(14(16)19-21-15)11-5-7-17-8-6-11/h5-8,12,18H,2-4,9-10H2,1H3,(H2,16,19). The van der Waals surface area contributed by atoms with Gasteiger partial charge in [0.25, 0.3) is 0 Å². The van der Waals surface area contributed by atoms with Gasteiger partial charge in [0, 0.05) is 25.0 Å². The Morgan fingerprint density at radius 3 is 3.00 bits per heavy atom. The van der Waals surface area contributed by atoms with Crippen LogP contribution in [0.25, 0.3) is 11.1 Å². The smallest absolute Gasteiger partial charge is 0.147 e. The molecule has 2 aromatic heterocycles. The number of nitrogens with zero attached hydrogens (tertiary/aromatic N) is 3. The van der Waals surface area contributed by atoms with Gasteiger partial charge in [-0.1, -0.05) is 6.92 Å². The van der Waals surface area contributed by atoms with Crippen molar-refractivity contribution < 1.29 is 0 Å². The van der Waals surface area contributed by atoms with Crippen molar-refractivity contribution >= 4 is 22.4 Å². The minimum atomic E-state index is 0.471. The molecule has 21 heavy (non-hydrogen) atoms. The van der Waals surface area contributed by atoms with Gasteiger partial charge in [0.15, 0.2) is 0 Å². The highest BCUT2D eigenvalue weighted by atomic mass is 32.1. The maximum atomic E-state index is 6.06. The Bertz CT molecular complexity index is 583. The monoisotopic (exact) mass is 303 g/mol. The molecular formula is C15H21N5S. The first-order chi connectivity index (χ1) is 10.3. The van der Waals surface area contributed by atoms with Gasteiger partial charge < -0.3 is 16.0 Å². The van der Waals surface area contributed by atoms with E-state index in [0.717, 1.165) is 29.2 Å². The summed E-state index contributed by atoms with van der Waals surface area (Å²) in [7, 11) is 0. The number of likely N-dealkylation sites (tertiary alicyclic amines) is 1. The topological polar surface area (TPSA) is 67.1 Å². The van der Waals surface area contributed by atoms with E-state index < -0.39 is 0 Å². The average molecular weight is 303 g/mol. The first-order valence-electron chi connectivity index (χ1n) is 7.42. The number of aromatic nitrogens is 2. The second-order valence-corrected chi connectivity index (χ2v) is 6.16. The number of nitrogen functional groups attached to an aromatic ring is 1. The molecule has 1 aliphatic heterocycles. The predicted octanol–water partition coefficient (Wildman–Crippen LogP) is 2.68. The largest absolute Gasteiger partial charge is 0.382 e. The van der Waals surface area contributed by atoms with Crippen molar-refractivity contribution in [2.45, 2.75) is 25.8 Å². The normalized spacial score (nSPS) is 19.6. The number of anilines is 2. The molecular weight excluding hydrogens is 282 g/mol. The highest BCUT2D eigenvalue weighted by Crippen LogP contribution is 2.37. The zero-order valence-corrected chi connectivity index (χ0v) is 13.1. The van der Waals surface area contributed by atoms with Gasteiger partial charge in [-0.25, -0.2) is 0 Å². The SMILES string of the molecule is CCN1CCCC(Nc2snc(N)c2-c2ccncc2)C1. The summed E-state index contributed by atoms with van der Waals surface area (Å²) in [5.41, 5.74) is 8.14. The number of hydrogen-bond acceptors (Lipinski definition) is 6. The fourth-order valence-electron chi connectivity index (χ4n) is 2.84. The van der Waals surface area contributed by atoms with Gasteiger partial charge in [-0.15, -0.1) is 0 Å². The van der Waals surface area contributed by atoms with Crippen molar-refractivity contribution in [3.8, 4) is 11.1 Å². The molecule has 112 valence electrons. The van der Waals surface area contributed by atoms with E-state index in [1.807, 2.05) is 12.1 Å². The second-order valence-electron chi connectivity index (χ2n) is 5.38. The Balaban J connectivity index is 1.80. The second kappa shape index (κ2) is 6.41. The molecule has 1 atom stereocenters. The van der Waals surface area contributed by atoms with Crippen LogP contribution in [0.4, 0.5) is 10.8 Å². The van der Waals surface area contributed by atoms with Gasteiger partial charge in [0.1, 0.15) is 10.8 Å². The lowest BCUT2D eigenvalue weighted by Gasteiger charge is -2.32. The summed E-state index contributed by atoms with van der Waals surface area (Å²) in [4.78, 5) is 6.55. The highest BCUT2D eigenvalue weighted by molar-refractivity contribution is 7.11. The third-order valence-corrected chi connectivity index (χ3v) is 4.77. The van der Waals surface area contributed by atoms with E-state index in [1.54, 1.807) is 12.4 Å². The maximum Gasteiger partial charge on any atom is 0.147 e. The van der Waals surface area contributed by atoms with E-state index in [4.69, 9.17) is 5.73 Å². The van der Waals surface area contributed by atoms with Gasteiger partial charge in [-0.05, 0) is 55.2 Å². The average Bonchev–Trinajstić information content (AvgIpc) is 2.89. The molecule has 6 heteroatoms. The van der Waals surface area contributed by atoms with Crippen molar-refractivity contribution in [1.29, 1.82) is 0 Å². The third-order valence-electron chi connectivity index (χ3n) is 3.98. The van der Waals surface area contributed by atoms with E-state index in [9.17, 15) is 0 Å². The Hall–Kier alpha value is -1.66. The molecule has 1 aliphatic rings. The number of rotatable bonds is 4. The molecule has 2 aromatic rings. The molecule has 0 amide bonds. The summed E-state index contributed by atoms with van der Waals surface area (Å²) in [5.74, 6) is 0.594. The molecule has 0 saturated carbocycles. The van der Waals surface area contributed by atoms with E-state index in [1.165, 1.54) is 30.9 Å². The van der Waals surface area contributed by atoms with Crippen molar-refractivity contribution in [3.63, 3.8) is 0 Å². The minimum absolute atomic E-state index is 0.471. The first kappa shape index (κ1) is 14.3. The predicted molar refractivity (Wildman–Crippen MR) is 88.5 cm³/mol. The van der Waals surface area contributed by atoms with E-state index in [2.05, 4.69) is 26.5 Å². The Morgan fingerprint density at radius 2 is 2.24 bits per heavy atom. The van der Waals surface area contributed by atoms with Crippen LogP contribution in [0.5, 0.6) is 0 Å². The van der Waals surface area contributed by atoms with Crippen LogP contribution < -0.4 is 11.1 Å². The van der Waals surface area contributed by atoms with Crippen molar-refractivity contribution in [2.24, 2.45) is 0 Å². The number of nitrogens with two attached hydrogens (primary N) is 1. The minimum Gasteiger partial charge on any atom is -0.382 e. The number of hydrogen-bond donors (Lipinski definition) is 2. The molecule has 1 unspecified atom stereocenters. The zero-order valence-electron chi connectivity index (χ0n) is 12.2. The van der Waals surface area contributed by atoms with Gasteiger partial charge in [0.05, 0.1) is 5.56 Å². The molecule has 1 saturated heterocycles. The van der Waals surface area contributed by atoms with Gasteiger partial charge in [0.2, 0.25) is 0 Å². The quantitative estimate of drug-likeness (QED) is 0.909. The fourth-order valence-corrected chi connectivity index (χ4v) is 3.66. The molecule has 0 aromatic carbocycles. The maximum absolute atomic E-state index is 6.06. The summed E-state index contributed by atoms with van der Waals surface area (Å²) in [6, 6.07) is 4.42. The van der Waals surface area contributed by atoms with Crippen molar-refractivity contribution in [1.82, 2.24) is 14.3 Å². The van der Waals surface area contributed by atoms with E-state index >= 15 is 0 Å². The Kier molecular flexibility index (Phi) is 4.36. The first-order valence-corrected chi connectivity index (χ1v) is 8.19. The van der Waals surface area contributed by atoms with Crippen LogP contribution in [-0.2, 0) is 0 Å². The molecule has 3 N–H and O–H groups in total. The Morgan fingerprint density at radius 1 is 1.43 bits per heavy atom. The summed E-state index contributed by atoms with van der Waals surface area (Å²) in [6.07, 6.45) is 6.01. The summed E-state index contributed by atoms with van der Waals surface area (Å²) < 4.78 is 4.32. The summed E-state index contributed by atoms with van der Waals surface area (Å²) >= 11 is 1.45. The summed E-state index contributed by atoms with van der Waals surface area (Å²) in [5, 5.41) is 4.72. The number of pyridine rings is 1. The molecule has 3 heterocycles. The Labute approximate surface area is 129 Å². The third kappa shape index (κ3) is 3.16. The van der Waals surface area contributed by atoms with Crippen LogP contribution in [0.3, 0.4) is 0 Å². The van der Waals surface area contributed by atoms with Crippen LogP contribution in [0.15, 0.2) is 24.5 Å². The number of nitrogens with one attached hydrogen (secondary N) is 1. The highest BCUT2D eigenvalue weighted by Gasteiger charge is 2.21. The molecule has 3 rings (SSSR count). The van der Waals surface area contributed by atoms with E-state index in [0.29, 0.717) is 11.9 Å². The van der Waals surface area contributed by atoms with Gasteiger partial charge in [-0.3, -0.25) is 4.98 Å². The lowest BCUT2D eigenvalue weighted by atomic mass is 10.0.